The van der Waals surface area contributed by atoms with E-state index in [0.717, 1.165) is 6.42 Å². The highest BCUT2D eigenvalue weighted by Gasteiger charge is 2.11. The summed E-state index contributed by atoms with van der Waals surface area (Å²) >= 11 is 0. The SMILES string of the molecule is CCCNC(=O)CCNC(=O)CNC(C)(C)C. The van der Waals surface area contributed by atoms with Crippen LogP contribution in [0.1, 0.15) is 40.5 Å². The molecule has 0 aliphatic heterocycles. The van der Waals surface area contributed by atoms with Crippen molar-refractivity contribution < 1.29 is 9.59 Å². The Morgan fingerprint density at radius 2 is 1.59 bits per heavy atom. The lowest BCUT2D eigenvalue weighted by Gasteiger charge is -2.19. The van der Waals surface area contributed by atoms with Gasteiger partial charge in [-0.3, -0.25) is 9.59 Å². The number of rotatable bonds is 7. The van der Waals surface area contributed by atoms with Gasteiger partial charge in [0, 0.05) is 25.0 Å². The Morgan fingerprint density at radius 3 is 2.12 bits per heavy atom. The molecule has 0 aliphatic rings. The summed E-state index contributed by atoms with van der Waals surface area (Å²) in [5.41, 5.74) is -0.0736. The molecule has 0 fully saturated rings. The molecule has 0 aromatic heterocycles. The number of carbonyl (C=O) groups is 2. The number of hydrogen-bond acceptors (Lipinski definition) is 3. The Morgan fingerprint density at radius 1 is 1.00 bits per heavy atom. The minimum atomic E-state index is -0.0804. The minimum Gasteiger partial charge on any atom is -0.356 e. The van der Waals surface area contributed by atoms with Crippen LogP contribution in [0, 0.1) is 0 Å². The van der Waals surface area contributed by atoms with Crippen molar-refractivity contribution >= 4 is 11.8 Å². The van der Waals surface area contributed by atoms with Gasteiger partial charge in [-0.2, -0.15) is 0 Å². The zero-order chi connectivity index (χ0) is 13.3. The first-order chi connectivity index (χ1) is 7.85. The van der Waals surface area contributed by atoms with Gasteiger partial charge in [-0.1, -0.05) is 6.92 Å². The largest absolute Gasteiger partial charge is 0.356 e. The van der Waals surface area contributed by atoms with Gasteiger partial charge in [-0.15, -0.1) is 0 Å². The first-order valence-corrected chi connectivity index (χ1v) is 6.13. The third kappa shape index (κ3) is 11.2. The summed E-state index contributed by atoms with van der Waals surface area (Å²) in [6.45, 7) is 9.36. The van der Waals surface area contributed by atoms with Gasteiger partial charge in [-0.25, -0.2) is 0 Å². The zero-order valence-electron chi connectivity index (χ0n) is 11.4. The Labute approximate surface area is 104 Å². The van der Waals surface area contributed by atoms with E-state index in [4.69, 9.17) is 0 Å². The van der Waals surface area contributed by atoms with Crippen LogP contribution in [0.25, 0.3) is 0 Å². The molecule has 5 heteroatoms. The van der Waals surface area contributed by atoms with Crippen molar-refractivity contribution in [2.75, 3.05) is 19.6 Å². The van der Waals surface area contributed by atoms with E-state index in [2.05, 4.69) is 16.0 Å². The molecular weight excluding hydrogens is 218 g/mol. The van der Waals surface area contributed by atoms with E-state index in [1.165, 1.54) is 0 Å². The lowest BCUT2D eigenvalue weighted by atomic mass is 10.1. The molecule has 5 nitrogen and oxygen atoms in total. The van der Waals surface area contributed by atoms with Crippen LogP contribution in [-0.2, 0) is 9.59 Å². The quantitative estimate of drug-likeness (QED) is 0.606. The summed E-state index contributed by atoms with van der Waals surface area (Å²) in [5.74, 6) is -0.0980. The van der Waals surface area contributed by atoms with E-state index in [1.807, 2.05) is 27.7 Å². The van der Waals surface area contributed by atoms with Crippen LogP contribution in [0.15, 0.2) is 0 Å². The van der Waals surface area contributed by atoms with E-state index >= 15 is 0 Å². The first kappa shape index (κ1) is 15.9. The fourth-order valence-electron chi connectivity index (χ4n) is 1.08. The van der Waals surface area contributed by atoms with Gasteiger partial charge in [0.2, 0.25) is 11.8 Å². The number of amides is 2. The van der Waals surface area contributed by atoms with Crippen LogP contribution < -0.4 is 16.0 Å². The molecule has 0 heterocycles. The monoisotopic (exact) mass is 243 g/mol. The van der Waals surface area contributed by atoms with Crippen molar-refractivity contribution in [3.8, 4) is 0 Å². The summed E-state index contributed by atoms with van der Waals surface area (Å²) in [7, 11) is 0. The average molecular weight is 243 g/mol. The van der Waals surface area contributed by atoms with E-state index in [1.54, 1.807) is 0 Å². The second kappa shape index (κ2) is 8.06. The van der Waals surface area contributed by atoms with E-state index in [-0.39, 0.29) is 23.9 Å². The molecule has 0 bridgehead atoms. The van der Waals surface area contributed by atoms with Gasteiger partial charge in [0.25, 0.3) is 0 Å². The van der Waals surface area contributed by atoms with Crippen LogP contribution in [0.4, 0.5) is 0 Å². The van der Waals surface area contributed by atoms with Crippen molar-refractivity contribution in [1.82, 2.24) is 16.0 Å². The highest BCUT2D eigenvalue weighted by molar-refractivity contribution is 5.80. The molecule has 0 atom stereocenters. The van der Waals surface area contributed by atoms with Crippen LogP contribution >= 0.6 is 0 Å². The second-order valence-electron chi connectivity index (χ2n) is 5.05. The third-order valence-corrected chi connectivity index (χ3v) is 2.03. The van der Waals surface area contributed by atoms with Crippen LogP contribution in [0.5, 0.6) is 0 Å². The topological polar surface area (TPSA) is 70.2 Å². The van der Waals surface area contributed by atoms with Crippen LogP contribution in [0.3, 0.4) is 0 Å². The van der Waals surface area contributed by atoms with Crippen LogP contribution in [-0.4, -0.2) is 37.0 Å². The third-order valence-electron chi connectivity index (χ3n) is 2.03. The van der Waals surface area contributed by atoms with Crippen molar-refractivity contribution in [2.24, 2.45) is 0 Å². The fraction of sp³-hybridized carbons (Fsp3) is 0.833. The summed E-state index contributed by atoms with van der Waals surface area (Å²) in [5, 5.41) is 8.54. The van der Waals surface area contributed by atoms with Gasteiger partial charge < -0.3 is 16.0 Å². The van der Waals surface area contributed by atoms with Gasteiger partial charge in [-0.05, 0) is 27.2 Å². The lowest BCUT2D eigenvalue weighted by Crippen LogP contribution is -2.43. The predicted octanol–water partition coefficient (Wildman–Crippen LogP) is 0.407. The molecule has 3 N–H and O–H groups in total. The zero-order valence-corrected chi connectivity index (χ0v) is 11.4. The summed E-state index contributed by atoms with van der Waals surface area (Å²) in [4.78, 5) is 22.6. The maximum atomic E-state index is 11.4. The molecule has 2 amide bonds. The molecule has 0 saturated heterocycles. The van der Waals surface area contributed by atoms with Gasteiger partial charge in [0.15, 0.2) is 0 Å². The molecule has 0 rings (SSSR count). The minimum absolute atomic E-state index is 0.0177. The molecular formula is C12H25N3O2. The summed E-state index contributed by atoms with van der Waals surface area (Å²) in [6.07, 6.45) is 1.26. The molecule has 17 heavy (non-hydrogen) atoms. The molecule has 0 spiro atoms. The van der Waals surface area contributed by atoms with Gasteiger partial charge in [0.05, 0.1) is 6.54 Å². The number of hydrogen-bond donors (Lipinski definition) is 3. The molecule has 100 valence electrons. The highest BCUT2D eigenvalue weighted by Crippen LogP contribution is 1.96. The van der Waals surface area contributed by atoms with E-state index in [0.29, 0.717) is 19.5 Å². The van der Waals surface area contributed by atoms with Gasteiger partial charge in [0.1, 0.15) is 0 Å². The first-order valence-electron chi connectivity index (χ1n) is 6.13. The lowest BCUT2D eigenvalue weighted by molar-refractivity contribution is -0.122. The van der Waals surface area contributed by atoms with E-state index in [9.17, 15) is 9.59 Å². The summed E-state index contributed by atoms with van der Waals surface area (Å²) in [6, 6.07) is 0. The van der Waals surface area contributed by atoms with E-state index < -0.39 is 0 Å². The predicted molar refractivity (Wildman–Crippen MR) is 68.7 cm³/mol. The number of nitrogens with one attached hydrogen (secondary N) is 3. The Bertz CT molecular complexity index is 247. The molecule has 0 unspecified atom stereocenters. The van der Waals surface area contributed by atoms with Crippen LogP contribution in [0.2, 0.25) is 0 Å². The summed E-state index contributed by atoms with van der Waals surface area (Å²) < 4.78 is 0. The molecule has 0 saturated carbocycles. The van der Waals surface area contributed by atoms with Crippen molar-refractivity contribution in [3.05, 3.63) is 0 Å². The smallest absolute Gasteiger partial charge is 0.233 e. The molecule has 0 radical (unpaired) electrons. The number of carbonyl (C=O) groups excluding carboxylic acids is 2. The van der Waals surface area contributed by atoms with Crippen molar-refractivity contribution in [1.29, 1.82) is 0 Å². The maximum absolute atomic E-state index is 11.4. The molecule has 0 aromatic rings. The normalized spacial score (nSPS) is 11.1. The second-order valence-corrected chi connectivity index (χ2v) is 5.05. The molecule has 0 aliphatic carbocycles. The Hall–Kier alpha value is -1.10. The standard InChI is InChI=1S/C12H25N3O2/c1-5-7-13-10(16)6-8-14-11(17)9-15-12(2,3)4/h15H,5-9H2,1-4H3,(H,13,16)(H,14,17). The average Bonchev–Trinajstić information content (AvgIpc) is 2.22. The van der Waals surface area contributed by atoms with Gasteiger partial charge >= 0.3 is 0 Å². The fourth-order valence-corrected chi connectivity index (χ4v) is 1.08. The maximum Gasteiger partial charge on any atom is 0.233 e. The van der Waals surface area contributed by atoms with Crippen molar-refractivity contribution in [2.45, 2.75) is 46.1 Å². The Balaban J connectivity index is 3.54. The van der Waals surface area contributed by atoms with Crippen molar-refractivity contribution in [3.63, 3.8) is 0 Å². The molecule has 0 aromatic carbocycles. The highest BCUT2D eigenvalue weighted by atomic mass is 16.2. The Kier molecular flexibility index (Phi) is 7.54.